The summed E-state index contributed by atoms with van der Waals surface area (Å²) >= 11 is 0. The lowest BCUT2D eigenvalue weighted by Crippen LogP contribution is -2.71. The summed E-state index contributed by atoms with van der Waals surface area (Å²) in [7, 11) is 0. The van der Waals surface area contributed by atoms with Crippen molar-refractivity contribution < 1.29 is 218 Å². The first-order valence-corrected chi connectivity index (χ1v) is 33.7. The molecule has 41 atom stereocenters. The van der Waals surface area contributed by atoms with E-state index in [-0.39, 0.29) is 0 Å². The summed E-state index contributed by atoms with van der Waals surface area (Å²) < 4.78 is 87.6. The van der Waals surface area contributed by atoms with Crippen molar-refractivity contribution in [3.63, 3.8) is 0 Å². The molecule has 0 radical (unpaired) electrons. The van der Waals surface area contributed by atoms with Crippen LogP contribution < -0.4 is 21.3 Å². The molecule has 28 N–H and O–H groups in total. The number of carboxylic acids is 1. The summed E-state index contributed by atoms with van der Waals surface area (Å²) in [5.41, 5.74) is 0. The number of hydrogen-bond donors (Lipinski definition) is 28. The minimum atomic E-state index is -3.27. The van der Waals surface area contributed by atoms with Crippen LogP contribution in [-0.2, 0) is 95.0 Å². The predicted molar refractivity (Wildman–Crippen MR) is 328 cm³/mol. The van der Waals surface area contributed by atoms with Crippen LogP contribution in [0.25, 0.3) is 0 Å². The number of carbonyl (C=O) groups excluding carboxylic acids is 4. The van der Waals surface area contributed by atoms with Crippen LogP contribution in [0.4, 0.5) is 0 Å². The number of aliphatic carboxylic acids is 1. The standard InChI is InChI=1S/C59H98N4O44/c1-14(71)60-27-18(75)5-59(58(91)92,106-47(27)31(77)19(76)6-64)107-49-34(80)22(9-67)96-56(43(49)89)103-46-25(12-70)99-53(30(38(46)84)63-17(4)74)105-50-40(86)33(79)21(8-66)97-57(50)93-13-26-35(81)48(104-54-41(87)39(85)32(78)20(7-65)95-54)42(88)55(100-26)102-45-24(11-69)98-52(29(37(45)83)62-16(3)73)101-44-23(10-68)94-51(90)28(36(44)82)61-15(2)72/h18-57,64-70,75-90H,5-13H2,1-4H3,(H,60,71)(H,61,72)(H,62,73)(H,63,74)(H,91,92)/t18-,19+,20+,21+,22+,23+,24+,25+,26+,27+,28+,29+,30+,31+,32+,33+,34-,35+,36+,37+,38+,39-,40-,41-,42-,43+,44+,45+,46+,47+,48-,49-,50-,51?,52-,53-,54+,55-,56-,57-,59-/m0/s1. The molecule has 48 nitrogen and oxygen atoms in total. The van der Waals surface area contributed by atoms with Crippen molar-refractivity contribution in [1.82, 2.24) is 21.3 Å². The maximum Gasteiger partial charge on any atom is 0.364 e. The van der Waals surface area contributed by atoms with Crippen LogP contribution in [0.5, 0.6) is 0 Å². The molecule has 0 spiro atoms. The average molecular weight is 1570 g/mol. The van der Waals surface area contributed by atoms with Crippen LogP contribution >= 0.6 is 0 Å². The highest BCUT2D eigenvalue weighted by Gasteiger charge is 2.63. The molecule has 8 rings (SSSR count). The van der Waals surface area contributed by atoms with E-state index >= 15 is 0 Å². The molecule has 8 saturated heterocycles. The van der Waals surface area contributed by atoms with Gasteiger partial charge in [0.1, 0.15) is 189 Å². The molecule has 1 unspecified atom stereocenters. The summed E-state index contributed by atoms with van der Waals surface area (Å²) in [6.45, 7) is -5.14. The molecular formula is C59H98N4O44. The minimum Gasteiger partial charge on any atom is -0.477 e. The van der Waals surface area contributed by atoms with Gasteiger partial charge in [0.05, 0.1) is 65.0 Å². The van der Waals surface area contributed by atoms with Crippen molar-refractivity contribution in [2.75, 3.05) is 52.9 Å². The summed E-state index contributed by atoms with van der Waals surface area (Å²) in [5, 5.41) is 274. The van der Waals surface area contributed by atoms with E-state index in [9.17, 15) is 147 Å². The fourth-order valence-electron chi connectivity index (χ4n) is 13.7. The first-order chi connectivity index (χ1) is 50.4. The Bertz CT molecular complexity index is 2870. The number of ether oxygens (including phenoxy) is 15. The van der Waals surface area contributed by atoms with E-state index < -0.39 is 340 Å². The highest BCUT2D eigenvalue weighted by molar-refractivity contribution is 5.77. The molecule has 8 fully saturated rings. The van der Waals surface area contributed by atoms with Gasteiger partial charge in [-0.05, 0) is 0 Å². The Morgan fingerprint density at radius 2 is 0.748 bits per heavy atom. The molecule has 0 aromatic heterocycles. The second-order valence-corrected chi connectivity index (χ2v) is 26.8. The Kier molecular flexibility index (Phi) is 31.5. The van der Waals surface area contributed by atoms with E-state index in [0.29, 0.717) is 0 Å². The molecule has 4 amide bonds. The van der Waals surface area contributed by atoms with E-state index in [0.717, 1.165) is 27.7 Å². The molecule has 8 heterocycles. The fraction of sp³-hybridized carbons (Fsp3) is 0.915. The minimum absolute atomic E-state index is 0.766. The Morgan fingerprint density at radius 3 is 1.21 bits per heavy atom. The van der Waals surface area contributed by atoms with Gasteiger partial charge >= 0.3 is 5.97 Å². The molecule has 0 saturated carbocycles. The Morgan fingerprint density at radius 1 is 0.383 bits per heavy atom. The lowest BCUT2D eigenvalue weighted by molar-refractivity contribution is -0.392. The largest absolute Gasteiger partial charge is 0.477 e. The van der Waals surface area contributed by atoms with Gasteiger partial charge in [0.25, 0.3) is 5.79 Å². The van der Waals surface area contributed by atoms with E-state index in [1.165, 1.54) is 0 Å². The van der Waals surface area contributed by atoms with Crippen molar-refractivity contribution in [2.24, 2.45) is 0 Å². The number of rotatable bonds is 29. The third-order valence-corrected chi connectivity index (χ3v) is 19.2. The van der Waals surface area contributed by atoms with Gasteiger partial charge in [0.2, 0.25) is 23.6 Å². The molecule has 48 heteroatoms. The van der Waals surface area contributed by atoms with Gasteiger partial charge < -0.3 is 215 Å². The second kappa shape index (κ2) is 38.1. The molecule has 8 aliphatic rings. The van der Waals surface area contributed by atoms with Gasteiger partial charge in [0, 0.05) is 34.1 Å². The zero-order chi connectivity index (χ0) is 79.3. The Labute approximate surface area is 605 Å². The van der Waals surface area contributed by atoms with Crippen molar-refractivity contribution >= 4 is 29.6 Å². The quantitative estimate of drug-likeness (QED) is 0.0331. The van der Waals surface area contributed by atoms with E-state index in [4.69, 9.17) is 71.1 Å². The van der Waals surface area contributed by atoms with Crippen molar-refractivity contribution in [3.05, 3.63) is 0 Å². The van der Waals surface area contributed by atoms with Crippen molar-refractivity contribution in [1.29, 1.82) is 0 Å². The van der Waals surface area contributed by atoms with Crippen LogP contribution in [0.2, 0.25) is 0 Å². The topological polar surface area (TPSA) is 757 Å². The number of hydrogen-bond acceptors (Lipinski definition) is 43. The number of carboxylic acid groups (broad SMARTS) is 1. The summed E-state index contributed by atoms with van der Waals surface area (Å²) in [4.78, 5) is 63.2. The number of aliphatic hydroxyl groups excluding tert-OH is 23. The zero-order valence-corrected chi connectivity index (χ0v) is 57.4. The lowest BCUT2D eigenvalue weighted by Gasteiger charge is -2.51. The molecule has 8 aliphatic heterocycles. The van der Waals surface area contributed by atoms with Crippen molar-refractivity contribution in [2.45, 2.75) is 285 Å². The highest BCUT2D eigenvalue weighted by Crippen LogP contribution is 2.41. The van der Waals surface area contributed by atoms with E-state index in [1.807, 2.05) is 0 Å². The number of amides is 4. The van der Waals surface area contributed by atoms with Gasteiger partial charge in [-0.3, -0.25) is 19.2 Å². The normalized spacial score (nSPS) is 46.9. The maximum atomic E-state index is 13.2. The van der Waals surface area contributed by atoms with Crippen molar-refractivity contribution in [3.8, 4) is 0 Å². The van der Waals surface area contributed by atoms with E-state index in [2.05, 4.69) is 21.3 Å². The van der Waals surface area contributed by atoms with Gasteiger partial charge in [-0.2, -0.15) is 0 Å². The zero-order valence-electron chi connectivity index (χ0n) is 57.4. The van der Waals surface area contributed by atoms with Crippen LogP contribution in [0.15, 0.2) is 0 Å². The lowest BCUT2D eigenvalue weighted by atomic mass is 9.88. The third kappa shape index (κ3) is 19.6. The third-order valence-electron chi connectivity index (χ3n) is 19.2. The van der Waals surface area contributed by atoms with Crippen LogP contribution in [0, 0.1) is 0 Å². The molecule has 0 aromatic carbocycles. The molecule has 107 heavy (non-hydrogen) atoms. The maximum absolute atomic E-state index is 13.2. The van der Waals surface area contributed by atoms with Gasteiger partial charge in [-0.1, -0.05) is 0 Å². The predicted octanol–water partition coefficient (Wildman–Crippen LogP) is -18.7. The van der Waals surface area contributed by atoms with Crippen LogP contribution in [0.3, 0.4) is 0 Å². The van der Waals surface area contributed by atoms with Gasteiger partial charge in [-0.15, -0.1) is 0 Å². The first kappa shape index (κ1) is 88.4. The average Bonchev–Trinajstić information content (AvgIpc) is 0.760. The van der Waals surface area contributed by atoms with Crippen LogP contribution in [-0.4, -0.2) is 456 Å². The molecule has 0 aliphatic carbocycles. The summed E-state index contributed by atoms with van der Waals surface area (Å²) in [5.74, 6) is -8.93. The number of nitrogens with one attached hydrogen (secondary N) is 4. The Balaban J connectivity index is 1.06. The first-order valence-electron chi connectivity index (χ1n) is 33.7. The van der Waals surface area contributed by atoms with E-state index in [1.54, 1.807) is 0 Å². The van der Waals surface area contributed by atoms with Gasteiger partial charge in [-0.25, -0.2) is 4.79 Å². The monoisotopic (exact) mass is 1570 g/mol. The summed E-state index contributed by atoms with van der Waals surface area (Å²) in [6.07, 6.45) is -77.4. The second-order valence-electron chi connectivity index (χ2n) is 26.8. The van der Waals surface area contributed by atoms with Gasteiger partial charge in [0.15, 0.2) is 44.0 Å². The molecule has 0 bridgehead atoms. The summed E-state index contributed by atoms with van der Waals surface area (Å²) in [6, 6.07) is -7.20. The molecule has 0 aromatic rings. The SMILES string of the molecule is CC(=O)N[C@H]1[C@H](O[C@H]2[C@H](O)[C@@H](NC(C)=O)C(O)O[C@@H]2CO)O[C@H](CO)[C@@H](O[C@@H]2O[C@H](CO[C@H]3O[C@H](CO)[C@@H](O)[C@H](O)[C@@H]3O[C@@H]3O[C@H](CO)[C@@H](O[C@@H]4O[C@H](CO)[C@H](O)[C@H](O[C@]5(C(=O)O)C[C@H](O)[C@@H](NC(C)=O)[C@H]([C@H](O)[C@H](O)CO)O5)[C@H]4O)[C@H](O)[C@H]3NC(C)=O)[C@@H](O)[C@H](O[C@H]3O[C@H](CO)[C@@H](O)[C@H](O)[C@@H]3O)[C@@H]2O)[C@@H]1O. The molecular weight excluding hydrogens is 1470 g/mol. The molecule has 618 valence electrons. The number of carbonyl (C=O) groups is 5. The smallest absolute Gasteiger partial charge is 0.364 e. The number of aliphatic hydroxyl groups is 23. The van der Waals surface area contributed by atoms with Crippen LogP contribution in [0.1, 0.15) is 34.1 Å². The Hall–Kier alpha value is -4.17. The highest BCUT2D eigenvalue weighted by atomic mass is 16.8. The fourth-order valence-corrected chi connectivity index (χ4v) is 13.7.